The fraction of sp³-hybridized carbons (Fsp3) is 0.0208. The Morgan fingerprint density at radius 3 is 1.92 bits per heavy atom. The third kappa shape index (κ3) is 3.58. The van der Waals surface area contributed by atoms with Gasteiger partial charge < -0.3 is 14.0 Å². The van der Waals surface area contributed by atoms with Crippen molar-refractivity contribution in [2.45, 2.75) is 6.04 Å². The van der Waals surface area contributed by atoms with Crippen LogP contribution < -0.4 is 9.48 Å². The Kier molecular flexibility index (Phi) is 5.53. The Morgan fingerprint density at radius 1 is 0.500 bits per heavy atom. The summed E-state index contributed by atoms with van der Waals surface area (Å²) in [5.41, 5.74) is 15.9. The first-order chi connectivity index (χ1) is 25.8. The van der Waals surface area contributed by atoms with Crippen LogP contribution in [0.1, 0.15) is 5.56 Å². The standard InChI is InChI=1S/C48H31N4/c1-3-14-31(15-4-1)49-40-21-9-8-19-35(40)39-30-33(26-29-42(39)49)50-43-23-11-12-24-44(43)52-46-36(20-13-25-45(46)50)38-28-27-37-34-18-7-10-22-41(34)51(47(37)48(38)52)32-16-5-2-6-17-32/h1-30,46H/q+1. The molecule has 4 nitrogen and oxygen atoms in total. The molecule has 3 aliphatic rings. The number of rotatable bonds is 3. The third-order valence-electron chi connectivity index (χ3n) is 11.3. The van der Waals surface area contributed by atoms with Crippen LogP contribution in [-0.2, 0) is 0 Å². The first kappa shape index (κ1) is 27.9. The Hall–Kier alpha value is -6.91. The Labute approximate surface area is 300 Å². The largest absolute Gasteiger partial charge is 0.316 e. The molecule has 0 saturated carbocycles. The molecule has 7 aromatic carbocycles. The molecule has 52 heavy (non-hydrogen) atoms. The molecule has 0 saturated heterocycles. The smallest absolute Gasteiger partial charge is 0.235 e. The van der Waals surface area contributed by atoms with Gasteiger partial charge >= 0.3 is 0 Å². The summed E-state index contributed by atoms with van der Waals surface area (Å²) >= 11 is 0. The lowest BCUT2D eigenvalue weighted by molar-refractivity contribution is 0.932. The number of fused-ring (bicyclic) bond motifs is 12. The van der Waals surface area contributed by atoms with Crippen LogP contribution in [0.25, 0.3) is 60.6 Å². The molecule has 1 unspecified atom stereocenters. The number of hydrogen-bond acceptors (Lipinski definition) is 1. The van der Waals surface area contributed by atoms with Crippen molar-refractivity contribution in [3.05, 3.63) is 188 Å². The molecule has 2 aliphatic heterocycles. The number of hydrogen-bond donors (Lipinski definition) is 0. The minimum Gasteiger partial charge on any atom is -0.316 e. The van der Waals surface area contributed by atoms with Crippen LogP contribution in [0, 0.1) is 0 Å². The number of benzene rings is 7. The Bertz CT molecular complexity index is 3070. The minimum atomic E-state index is 0.0316. The van der Waals surface area contributed by atoms with Crippen molar-refractivity contribution in [2.75, 3.05) is 4.90 Å². The Morgan fingerprint density at radius 2 is 1.13 bits per heavy atom. The summed E-state index contributed by atoms with van der Waals surface area (Å²) < 4.78 is 7.36. The Balaban J connectivity index is 1.14. The molecule has 1 aliphatic carbocycles. The lowest BCUT2D eigenvalue weighted by Crippen LogP contribution is -2.43. The highest BCUT2D eigenvalue weighted by atomic mass is 15.3. The van der Waals surface area contributed by atoms with Crippen LogP contribution in [0.15, 0.2) is 182 Å². The zero-order valence-corrected chi connectivity index (χ0v) is 28.2. The second kappa shape index (κ2) is 10.3. The molecule has 9 aromatic rings. The van der Waals surface area contributed by atoms with Gasteiger partial charge in [0, 0.05) is 62.8 Å². The van der Waals surface area contributed by atoms with Crippen molar-refractivity contribution < 1.29 is 0 Å². The normalized spacial score (nSPS) is 15.8. The van der Waals surface area contributed by atoms with E-state index in [2.05, 4.69) is 201 Å². The number of allylic oxidation sites excluding steroid dienone is 2. The number of aromatic nitrogens is 2. The molecular formula is C48H31N4+. The quantitative estimate of drug-likeness (QED) is 0.172. The van der Waals surface area contributed by atoms with E-state index in [9.17, 15) is 0 Å². The van der Waals surface area contributed by atoms with Crippen molar-refractivity contribution in [1.29, 1.82) is 0 Å². The second-order valence-electron chi connectivity index (χ2n) is 13.9. The van der Waals surface area contributed by atoms with Crippen LogP contribution in [0.5, 0.6) is 0 Å². The molecule has 0 spiro atoms. The van der Waals surface area contributed by atoms with Crippen LogP contribution in [-0.4, -0.2) is 20.9 Å². The molecule has 242 valence electrons. The van der Waals surface area contributed by atoms with E-state index in [1.807, 2.05) is 0 Å². The molecule has 1 atom stereocenters. The van der Waals surface area contributed by atoms with Crippen molar-refractivity contribution >= 4 is 77.6 Å². The molecule has 4 heterocycles. The van der Waals surface area contributed by atoms with Crippen LogP contribution in [0.3, 0.4) is 0 Å². The molecule has 0 amide bonds. The van der Waals surface area contributed by atoms with Gasteiger partial charge in [-0.05, 0) is 54.1 Å². The van der Waals surface area contributed by atoms with Gasteiger partial charge in [0.25, 0.3) is 0 Å². The van der Waals surface area contributed by atoms with Crippen molar-refractivity contribution in [1.82, 2.24) is 13.7 Å². The monoisotopic (exact) mass is 663 g/mol. The van der Waals surface area contributed by atoms with Gasteiger partial charge in [-0.2, -0.15) is 4.58 Å². The van der Waals surface area contributed by atoms with E-state index >= 15 is 0 Å². The third-order valence-corrected chi connectivity index (χ3v) is 11.3. The van der Waals surface area contributed by atoms with Gasteiger partial charge in [-0.1, -0.05) is 109 Å². The van der Waals surface area contributed by atoms with Crippen LogP contribution >= 0.6 is 0 Å². The maximum atomic E-state index is 2.62. The van der Waals surface area contributed by atoms with Gasteiger partial charge in [0.2, 0.25) is 17.1 Å². The predicted molar refractivity (Wildman–Crippen MR) is 218 cm³/mol. The van der Waals surface area contributed by atoms with Gasteiger partial charge in [-0.25, -0.2) is 0 Å². The summed E-state index contributed by atoms with van der Waals surface area (Å²) in [4.78, 5) is 2.62. The van der Waals surface area contributed by atoms with E-state index in [0.29, 0.717) is 0 Å². The summed E-state index contributed by atoms with van der Waals surface area (Å²) in [6, 6.07) is 59.8. The molecule has 0 bridgehead atoms. The van der Waals surface area contributed by atoms with Gasteiger partial charge in [-0.3, -0.25) is 0 Å². The number of para-hydroxylation sites is 6. The van der Waals surface area contributed by atoms with Gasteiger partial charge in [-0.15, -0.1) is 0 Å². The van der Waals surface area contributed by atoms with E-state index in [4.69, 9.17) is 0 Å². The van der Waals surface area contributed by atoms with E-state index in [1.165, 1.54) is 88.9 Å². The molecular weight excluding hydrogens is 633 g/mol. The SMILES string of the molecule is C1=CC2=[N+](c3ccc4c(c3)c3ccccc3n4-c3ccccc3)c3ccccc3N3c4c(ccc5c6ccccc6n(-c6ccccc6)c45)C(=C1)C23. The van der Waals surface area contributed by atoms with Gasteiger partial charge in [0.1, 0.15) is 11.7 Å². The van der Waals surface area contributed by atoms with Crippen molar-refractivity contribution in [3.63, 3.8) is 0 Å². The molecule has 0 fully saturated rings. The first-order valence-electron chi connectivity index (χ1n) is 18.0. The van der Waals surface area contributed by atoms with Crippen molar-refractivity contribution in [3.8, 4) is 11.4 Å². The summed E-state index contributed by atoms with van der Waals surface area (Å²) in [5, 5.41) is 5.04. The van der Waals surface area contributed by atoms with Gasteiger partial charge in [0.15, 0.2) is 0 Å². The topological polar surface area (TPSA) is 16.1 Å². The molecule has 0 radical (unpaired) electrons. The highest BCUT2D eigenvalue weighted by Gasteiger charge is 2.49. The summed E-state index contributed by atoms with van der Waals surface area (Å²) in [7, 11) is 0. The fourth-order valence-corrected chi connectivity index (χ4v) is 9.29. The highest BCUT2D eigenvalue weighted by molar-refractivity contribution is 6.26. The van der Waals surface area contributed by atoms with Crippen LogP contribution in [0.4, 0.5) is 22.7 Å². The molecule has 4 heteroatoms. The second-order valence-corrected chi connectivity index (χ2v) is 13.9. The summed E-state index contributed by atoms with van der Waals surface area (Å²) in [6.45, 7) is 0. The van der Waals surface area contributed by atoms with E-state index < -0.39 is 0 Å². The highest BCUT2D eigenvalue weighted by Crippen LogP contribution is 2.55. The average Bonchev–Trinajstić information content (AvgIpc) is 3.85. The zero-order chi connectivity index (χ0) is 33.9. The maximum absolute atomic E-state index is 2.62. The van der Waals surface area contributed by atoms with Gasteiger partial charge in [0.05, 0.1) is 27.8 Å². The lowest BCUT2D eigenvalue weighted by atomic mass is 9.92. The van der Waals surface area contributed by atoms with E-state index in [-0.39, 0.29) is 6.04 Å². The van der Waals surface area contributed by atoms with E-state index in [0.717, 1.165) is 5.69 Å². The van der Waals surface area contributed by atoms with Crippen molar-refractivity contribution in [2.24, 2.45) is 0 Å². The summed E-state index contributed by atoms with van der Waals surface area (Å²) in [6.07, 6.45) is 6.90. The maximum Gasteiger partial charge on any atom is 0.235 e. The number of nitrogens with zero attached hydrogens (tertiary/aromatic N) is 4. The zero-order valence-electron chi connectivity index (χ0n) is 28.2. The average molecular weight is 664 g/mol. The predicted octanol–water partition coefficient (Wildman–Crippen LogP) is 11.6. The molecule has 12 rings (SSSR count). The minimum absolute atomic E-state index is 0.0316. The first-order valence-corrected chi connectivity index (χ1v) is 18.0. The number of anilines is 2. The summed E-state index contributed by atoms with van der Waals surface area (Å²) in [5.74, 6) is 0. The molecule has 0 N–H and O–H groups in total. The van der Waals surface area contributed by atoms with E-state index in [1.54, 1.807) is 0 Å². The molecule has 2 aromatic heterocycles. The van der Waals surface area contributed by atoms with Crippen LogP contribution in [0.2, 0.25) is 0 Å². The fourth-order valence-electron chi connectivity index (χ4n) is 9.29. The lowest BCUT2D eigenvalue weighted by Gasteiger charge is -2.33.